The summed E-state index contributed by atoms with van der Waals surface area (Å²) in [6, 6.07) is 5.96. The highest BCUT2D eigenvalue weighted by molar-refractivity contribution is 6.32. The minimum absolute atomic E-state index is 0.0126. The number of amides is 1. The van der Waals surface area contributed by atoms with Crippen molar-refractivity contribution in [3.63, 3.8) is 0 Å². The zero-order chi connectivity index (χ0) is 30.1. The highest BCUT2D eigenvalue weighted by Gasteiger charge is 2.69. The zero-order valence-electron chi connectivity index (χ0n) is 23.6. The molecule has 3 aliphatic carbocycles. The number of aliphatic hydroxyl groups is 1. The topological polar surface area (TPSA) is 180 Å². The molecule has 1 aromatic heterocycles. The van der Waals surface area contributed by atoms with Gasteiger partial charge in [-0.25, -0.2) is 0 Å². The summed E-state index contributed by atoms with van der Waals surface area (Å²) < 4.78 is 5.47. The Labute approximate surface area is 242 Å². The number of hydrogen-bond donors (Lipinski definition) is 4. The summed E-state index contributed by atoms with van der Waals surface area (Å²) in [5.74, 6) is -10.00. The maximum atomic E-state index is 14.0. The third-order valence-electron chi connectivity index (χ3n) is 9.83. The van der Waals surface area contributed by atoms with Crippen molar-refractivity contribution in [1.82, 2.24) is 9.88 Å². The number of nitrogens with zero attached hydrogens (tertiary/aromatic N) is 1. The Morgan fingerprint density at radius 3 is 2.48 bits per heavy atom. The lowest BCUT2D eigenvalue weighted by molar-refractivity contribution is -0.181. The van der Waals surface area contributed by atoms with E-state index in [0.29, 0.717) is 11.5 Å². The molecule has 1 amide bonds. The van der Waals surface area contributed by atoms with Crippen LogP contribution < -0.4 is 5.73 Å². The van der Waals surface area contributed by atoms with Crippen LogP contribution in [-0.4, -0.2) is 88.1 Å². The summed E-state index contributed by atoms with van der Waals surface area (Å²) in [6.45, 7) is 1.50. The third-order valence-corrected chi connectivity index (χ3v) is 9.83. The largest absolute Gasteiger partial charge is 0.507 e. The Hall–Kier alpha value is -3.67. The van der Waals surface area contributed by atoms with Gasteiger partial charge in [0.05, 0.1) is 17.5 Å². The molecular formula is C31H35N3O8. The van der Waals surface area contributed by atoms with E-state index in [-0.39, 0.29) is 24.2 Å². The number of likely N-dealkylation sites (N-methyl/N-ethyl adjacent to an activating group) is 1. The summed E-state index contributed by atoms with van der Waals surface area (Å²) in [7, 11) is 3.13. The molecule has 6 rings (SSSR count). The van der Waals surface area contributed by atoms with Crippen LogP contribution in [0.25, 0.3) is 11.3 Å². The molecule has 0 radical (unpaired) electrons. The minimum Gasteiger partial charge on any atom is -0.507 e. The third kappa shape index (κ3) is 4.17. The van der Waals surface area contributed by atoms with E-state index in [2.05, 4.69) is 4.98 Å². The van der Waals surface area contributed by atoms with Gasteiger partial charge in [-0.05, 0) is 87.9 Å². The molecule has 222 valence electrons. The second kappa shape index (κ2) is 10.3. The number of hydrogen-bond acceptors (Lipinski definition) is 9. The number of aromatic amines is 1. The monoisotopic (exact) mass is 577 g/mol. The van der Waals surface area contributed by atoms with E-state index in [1.165, 1.54) is 11.0 Å². The lowest BCUT2D eigenvalue weighted by atomic mass is 9.52. The molecule has 11 heteroatoms. The predicted molar refractivity (Wildman–Crippen MR) is 148 cm³/mol. The van der Waals surface area contributed by atoms with Crippen LogP contribution in [0, 0.1) is 29.6 Å². The maximum Gasteiger partial charge on any atom is 0.235 e. The quantitative estimate of drug-likeness (QED) is 0.374. The van der Waals surface area contributed by atoms with E-state index in [1.54, 1.807) is 20.2 Å². The minimum atomic E-state index is -2.73. The first kappa shape index (κ1) is 28.4. The van der Waals surface area contributed by atoms with Gasteiger partial charge in [-0.2, -0.15) is 0 Å². The molecule has 2 aromatic rings. The lowest BCUT2D eigenvalue weighted by Gasteiger charge is -2.52. The molecule has 0 bridgehead atoms. The van der Waals surface area contributed by atoms with Crippen molar-refractivity contribution in [3.8, 4) is 17.0 Å². The highest BCUT2D eigenvalue weighted by atomic mass is 16.5. The SMILES string of the molecule is CN(C)[C@H]1C(=O)C(C(N)=O)C(=O)[C@]2(O)C(=O)C3C(=O)c4c(O)ccc(-c5ccc(CC6CCOCC6)[nH]5)c4C[C@@H]3C[C@H]12. The average molecular weight is 578 g/mol. The summed E-state index contributed by atoms with van der Waals surface area (Å²) >= 11 is 0. The van der Waals surface area contributed by atoms with E-state index >= 15 is 0 Å². The molecule has 42 heavy (non-hydrogen) atoms. The van der Waals surface area contributed by atoms with Crippen LogP contribution in [0.5, 0.6) is 5.75 Å². The fourth-order valence-corrected chi connectivity index (χ4v) is 7.84. The second-order valence-electron chi connectivity index (χ2n) is 12.4. The summed E-state index contributed by atoms with van der Waals surface area (Å²) in [6.07, 6.45) is 3.06. The van der Waals surface area contributed by atoms with Crippen LogP contribution in [0.4, 0.5) is 0 Å². The van der Waals surface area contributed by atoms with Gasteiger partial charge in [-0.15, -0.1) is 0 Å². The fourth-order valence-electron chi connectivity index (χ4n) is 7.84. The number of rotatable bonds is 5. The number of primary amides is 1. The zero-order valence-corrected chi connectivity index (χ0v) is 23.6. The first-order chi connectivity index (χ1) is 19.9. The van der Waals surface area contributed by atoms with Crippen molar-refractivity contribution in [3.05, 3.63) is 41.1 Å². The van der Waals surface area contributed by atoms with Crippen LogP contribution in [0.15, 0.2) is 24.3 Å². The van der Waals surface area contributed by atoms with Crippen LogP contribution >= 0.6 is 0 Å². The molecule has 3 fully saturated rings. The number of ketones is 4. The standard InChI is InChI=1S/C31H35N3O8/c1-34(2)25-19-13-15-12-18-17(20-5-3-16(33-20)11-14-7-9-42-10-8-14)4-6-21(35)23(18)26(36)22(15)28(38)31(19,41)29(39)24(27(25)37)30(32)40/h3-6,14-15,19,22,24-25,33,35,41H,7-13H2,1-2H3,(H2,32,40)/t15-,19-,22?,24?,25-,31-/m1/s1. The number of ether oxygens (including phenoxy) is 1. The van der Waals surface area contributed by atoms with E-state index < -0.39 is 64.4 Å². The van der Waals surface area contributed by atoms with E-state index in [0.717, 1.165) is 49.4 Å². The van der Waals surface area contributed by atoms with E-state index in [4.69, 9.17) is 10.5 Å². The van der Waals surface area contributed by atoms with Gasteiger partial charge in [0.25, 0.3) is 0 Å². The summed E-state index contributed by atoms with van der Waals surface area (Å²) in [5, 5.41) is 22.5. The number of fused-ring (bicyclic) bond motifs is 3. The van der Waals surface area contributed by atoms with Crippen molar-refractivity contribution < 1.29 is 38.9 Å². The molecule has 2 unspecified atom stereocenters. The molecule has 0 spiro atoms. The lowest BCUT2D eigenvalue weighted by Crippen LogP contribution is -2.74. The van der Waals surface area contributed by atoms with Crippen LogP contribution in [0.2, 0.25) is 0 Å². The van der Waals surface area contributed by atoms with E-state index in [9.17, 15) is 34.2 Å². The van der Waals surface area contributed by atoms with Gasteiger partial charge in [0.15, 0.2) is 34.7 Å². The van der Waals surface area contributed by atoms with Gasteiger partial charge in [-0.3, -0.25) is 28.9 Å². The first-order valence-corrected chi connectivity index (χ1v) is 14.4. The number of benzene rings is 1. The van der Waals surface area contributed by atoms with E-state index in [1.807, 2.05) is 12.1 Å². The molecule has 1 saturated heterocycles. The Morgan fingerprint density at radius 1 is 1.10 bits per heavy atom. The molecular weight excluding hydrogens is 542 g/mol. The van der Waals surface area contributed by atoms with Crippen molar-refractivity contribution in [2.75, 3.05) is 27.3 Å². The fraction of sp³-hybridized carbons (Fsp3) is 0.516. The van der Waals surface area contributed by atoms with Gasteiger partial charge in [0, 0.05) is 36.1 Å². The second-order valence-corrected chi connectivity index (χ2v) is 12.4. The summed E-state index contributed by atoms with van der Waals surface area (Å²) in [5.41, 5.74) is 5.74. The Bertz CT molecular complexity index is 1510. The molecule has 1 aliphatic heterocycles. The molecule has 1 aromatic carbocycles. The average Bonchev–Trinajstić information content (AvgIpc) is 3.39. The smallest absolute Gasteiger partial charge is 0.235 e. The predicted octanol–water partition coefficient (Wildman–Crippen LogP) is 0.831. The van der Waals surface area contributed by atoms with Crippen molar-refractivity contribution >= 4 is 29.0 Å². The number of aromatic hydroxyl groups is 1. The first-order valence-electron chi connectivity index (χ1n) is 14.4. The van der Waals surface area contributed by atoms with Crippen molar-refractivity contribution in [1.29, 1.82) is 0 Å². The number of aromatic nitrogens is 1. The maximum absolute atomic E-state index is 14.0. The molecule has 6 atom stereocenters. The molecule has 5 N–H and O–H groups in total. The Balaban J connectivity index is 1.39. The molecule has 11 nitrogen and oxygen atoms in total. The number of Topliss-reactive ketones (excluding diaryl/α,β-unsaturated/α-hetero) is 4. The highest BCUT2D eigenvalue weighted by Crippen LogP contribution is 2.51. The molecule has 2 saturated carbocycles. The van der Waals surface area contributed by atoms with Crippen molar-refractivity contribution in [2.24, 2.45) is 35.3 Å². The van der Waals surface area contributed by atoms with Gasteiger partial charge in [-0.1, -0.05) is 0 Å². The number of nitrogens with one attached hydrogen (secondary N) is 1. The number of nitrogens with two attached hydrogens (primary N) is 1. The molecule has 2 heterocycles. The van der Waals surface area contributed by atoms with Gasteiger partial charge in [0.1, 0.15) is 5.75 Å². The summed E-state index contributed by atoms with van der Waals surface area (Å²) in [4.78, 5) is 71.7. The van der Waals surface area contributed by atoms with Gasteiger partial charge < -0.3 is 25.7 Å². The van der Waals surface area contributed by atoms with Crippen LogP contribution in [-0.2, 0) is 36.8 Å². The van der Waals surface area contributed by atoms with Crippen LogP contribution in [0.1, 0.15) is 40.9 Å². The Morgan fingerprint density at radius 2 is 1.81 bits per heavy atom. The van der Waals surface area contributed by atoms with Gasteiger partial charge in [0.2, 0.25) is 5.91 Å². The molecule has 4 aliphatic rings. The number of phenols is 1. The number of carbonyl (C=O) groups excluding carboxylic acids is 5. The Kier molecular flexibility index (Phi) is 6.94. The van der Waals surface area contributed by atoms with Crippen molar-refractivity contribution in [2.45, 2.75) is 43.7 Å². The number of phenolic OH excluding ortho intramolecular Hbond substituents is 1. The number of carbonyl (C=O) groups is 5. The van der Waals surface area contributed by atoms with Gasteiger partial charge >= 0.3 is 0 Å². The van der Waals surface area contributed by atoms with Crippen LogP contribution in [0.3, 0.4) is 0 Å². The normalized spacial score (nSPS) is 31.6. The number of H-pyrrole nitrogens is 1.